The lowest BCUT2D eigenvalue weighted by atomic mass is 9.88. The second kappa shape index (κ2) is 6.88. The quantitative estimate of drug-likeness (QED) is 0.837. The van der Waals surface area contributed by atoms with E-state index >= 15 is 0 Å². The monoisotopic (exact) mass is 254 g/mol. The SMILES string of the molecule is CCCC1CC(N2CCC(C(C)N)CC2)CCO1. The van der Waals surface area contributed by atoms with E-state index < -0.39 is 0 Å². The van der Waals surface area contributed by atoms with Crippen molar-refractivity contribution in [2.45, 2.75) is 70.6 Å². The summed E-state index contributed by atoms with van der Waals surface area (Å²) in [5, 5.41) is 0. The van der Waals surface area contributed by atoms with Gasteiger partial charge in [0.2, 0.25) is 0 Å². The maximum absolute atomic E-state index is 6.01. The molecule has 2 N–H and O–H groups in total. The standard InChI is InChI=1S/C15H30N2O/c1-3-4-15-11-14(7-10-18-15)17-8-5-13(6-9-17)12(2)16/h12-15H,3-11,16H2,1-2H3. The smallest absolute Gasteiger partial charge is 0.0590 e. The number of likely N-dealkylation sites (tertiary alicyclic amines) is 1. The summed E-state index contributed by atoms with van der Waals surface area (Å²) in [7, 11) is 0. The fourth-order valence-corrected chi connectivity index (χ4v) is 3.53. The Morgan fingerprint density at radius 1 is 1.28 bits per heavy atom. The zero-order valence-corrected chi connectivity index (χ0v) is 12.1. The maximum Gasteiger partial charge on any atom is 0.0590 e. The Morgan fingerprint density at radius 3 is 2.61 bits per heavy atom. The molecular weight excluding hydrogens is 224 g/mol. The van der Waals surface area contributed by atoms with Crippen molar-refractivity contribution in [3.8, 4) is 0 Å². The molecule has 0 radical (unpaired) electrons. The van der Waals surface area contributed by atoms with E-state index in [9.17, 15) is 0 Å². The van der Waals surface area contributed by atoms with Gasteiger partial charge in [0.05, 0.1) is 6.10 Å². The van der Waals surface area contributed by atoms with Gasteiger partial charge in [-0.2, -0.15) is 0 Å². The fraction of sp³-hybridized carbons (Fsp3) is 1.00. The third-order valence-electron chi connectivity index (χ3n) is 4.78. The van der Waals surface area contributed by atoms with Crippen molar-refractivity contribution in [1.29, 1.82) is 0 Å². The largest absolute Gasteiger partial charge is 0.378 e. The highest BCUT2D eigenvalue weighted by atomic mass is 16.5. The second-order valence-corrected chi connectivity index (χ2v) is 6.19. The lowest BCUT2D eigenvalue weighted by Gasteiger charge is -2.42. The molecule has 2 fully saturated rings. The lowest BCUT2D eigenvalue weighted by molar-refractivity contribution is -0.0374. The highest BCUT2D eigenvalue weighted by Crippen LogP contribution is 2.27. The molecule has 0 bridgehead atoms. The molecule has 2 saturated heterocycles. The number of piperidine rings is 1. The van der Waals surface area contributed by atoms with Crippen molar-refractivity contribution >= 4 is 0 Å². The van der Waals surface area contributed by atoms with Crippen LogP contribution in [0, 0.1) is 5.92 Å². The molecule has 3 unspecified atom stereocenters. The summed E-state index contributed by atoms with van der Waals surface area (Å²) < 4.78 is 5.85. The summed E-state index contributed by atoms with van der Waals surface area (Å²) in [6.07, 6.45) is 8.03. The highest BCUT2D eigenvalue weighted by Gasteiger charge is 2.30. The summed E-state index contributed by atoms with van der Waals surface area (Å²) >= 11 is 0. The molecule has 3 nitrogen and oxygen atoms in total. The fourth-order valence-electron chi connectivity index (χ4n) is 3.53. The molecule has 106 valence electrons. The van der Waals surface area contributed by atoms with E-state index in [-0.39, 0.29) is 0 Å². The molecule has 0 aromatic heterocycles. The molecule has 3 heteroatoms. The van der Waals surface area contributed by atoms with Gasteiger partial charge >= 0.3 is 0 Å². The van der Waals surface area contributed by atoms with Crippen LogP contribution in [0.2, 0.25) is 0 Å². The van der Waals surface area contributed by atoms with Crippen molar-refractivity contribution < 1.29 is 4.74 Å². The topological polar surface area (TPSA) is 38.5 Å². The summed E-state index contributed by atoms with van der Waals surface area (Å²) in [6, 6.07) is 1.14. The van der Waals surface area contributed by atoms with Gasteiger partial charge in [-0.15, -0.1) is 0 Å². The first kappa shape index (κ1) is 14.3. The zero-order valence-electron chi connectivity index (χ0n) is 12.1. The van der Waals surface area contributed by atoms with Crippen LogP contribution in [0.5, 0.6) is 0 Å². The van der Waals surface area contributed by atoms with E-state index in [4.69, 9.17) is 10.5 Å². The summed E-state index contributed by atoms with van der Waals surface area (Å²) in [5.41, 5.74) is 6.01. The number of nitrogens with zero attached hydrogens (tertiary/aromatic N) is 1. The summed E-state index contributed by atoms with van der Waals surface area (Å²) in [4.78, 5) is 2.70. The molecule has 2 heterocycles. The van der Waals surface area contributed by atoms with Crippen LogP contribution in [0.3, 0.4) is 0 Å². The molecule has 3 atom stereocenters. The van der Waals surface area contributed by atoms with Crippen LogP contribution < -0.4 is 5.73 Å². The summed E-state index contributed by atoms with van der Waals surface area (Å²) in [5.74, 6) is 0.743. The third-order valence-corrected chi connectivity index (χ3v) is 4.78. The van der Waals surface area contributed by atoms with Gasteiger partial charge in [-0.25, -0.2) is 0 Å². The Labute approximate surface area is 112 Å². The van der Waals surface area contributed by atoms with E-state index in [1.165, 1.54) is 51.6 Å². The second-order valence-electron chi connectivity index (χ2n) is 6.19. The average Bonchev–Trinajstić information content (AvgIpc) is 2.39. The van der Waals surface area contributed by atoms with E-state index in [0.717, 1.165) is 18.6 Å². The van der Waals surface area contributed by atoms with Crippen molar-refractivity contribution in [1.82, 2.24) is 4.90 Å². The number of rotatable bonds is 4. The third kappa shape index (κ3) is 3.69. The Hall–Kier alpha value is -0.120. The molecule has 2 aliphatic heterocycles. The van der Waals surface area contributed by atoms with Crippen molar-refractivity contribution in [2.24, 2.45) is 11.7 Å². The molecule has 0 spiro atoms. The molecule has 2 aliphatic rings. The normalized spacial score (nSPS) is 33.5. The summed E-state index contributed by atoms with van der Waals surface area (Å²) in [6.45, 7) is 7.86. The molecular formula is C15H30N2O. The van der Waals surface area contributed by atoms with Crippen LogP contribution in [0.1, 0.15) is 52.4 Å². The molecule has 0 aromatic carbocycles. The molecule has 0 amide bonds. The van der Waals surface area contributed by atoms with Gasteiger partial charge in [0.25, 0.3) is 0 Å². The number of ether oxygens (including phenoxy) is 1. The molecule has 2 rings (SSSR count). The van der Waals surface area contributed by atoms with Crippen LogP contribution >= 0.6 is 0 Å². The maximum atomic E-state index is 6.01. The predicted molar refractivity (Wildman–Crippen MR) is 75.6 cm³/mol. The van der Waals surface area contributed by atoms with Gasteiger partial charge in [-0.05, 0) is 58.0 Å². The highest BCUT2D eigenvalue weighted by molar-refractivity contribution is 4.84. The first-order valence-electron chi connectivity index (χ1n) is 7.82. The first-order valence-corrected chi connectivity index (χ1v) is 7.82. The molecule has 0 saturated carbocycles. The minimum absolute atomic E-state index is 0.370. The van der Waals surface area contributed by atoms with Crippen LogP contribution in [0.25, 0.3) is 0 Å². The lowest BCUT2D eigenvalue weighted by Crippen LogP contribution is -2.47. The van der Waals surface area contributed by atoms with E-state index in [1.807, 2.05) is 0 Å². The Morgan fingerprint density at radius 2 is 2.00 bits per heavy atom. The van der Waals surface area contributed by atoms with Crippen LogP contribution in [0.15, 0.2) is 0 Å². The zero-order chi connectivity index (χ0) is 13.0. The van der Waals surface area contributed by atoms with Crippen molar-refractivity contribution in [3.63, 3.8) is 0 Å². The van der Waals surface area contributed by atoms with E-state index in [1.54, 1.807) is 0 Å². The van der Waals surface area contributed by atoms with Gasteiger partial charge in [0.1, 0.15) is 0 Å². The van der Waals surface area contributed by atoms with Gasteiger partial charge in [-0.1, -0.05) is 13.3 Å². The predicted octanol–water partition coefficient (Wildman–Crippen LogP) is 2.39. The van der Waals surface area contributed by atoms with Gasteiger partial charge < -0.3 is 15.4 Å². The van der Waals surface area contributed by atoms with Crippen molar-refractivity contribution in [2.75, 3.05) is 19.7 Å². The van der Waals surface area contributed by atoms with Gasteiger partial charge in [-0.3, -0.25) is 0 Å². The minimum Gasteiger partial charge on any atom is -0.378 e. The number of nitrogens with two attached hydrogens (primary N) is 1. The molecule has 18 heavy (non-hydrogen) atoms. The van der Waals surface area contributed by atoms with E-state index in [2.05, 4.69) is 18.7 Å². The first-order chi connectivity index (χ1) is 8.70. The Bertz CT molecular complexity index is 235. The molecule has 0 aliphatic carbocycles. The minimum atomic E-state index is 0.370. The van der Waals surface area contributed by atoms with Crippen LogP contribution in [-0.4, -0.2) is 42.8 Å². The number of hydrogen-bond acceptors (Lipinski definition) is 3. The Balaban J connectivity index is 1.78. The van der Waals surface area contributed by atoms with Crippen LogP contribution in [0.4, 0.5) is 0 Å². The number of hydrogen-bond donors (Lipinski definition) is 1. The Kier molecular flexibility index (Phi) is 5.46. The average molecular weight is 254 g/mol. The van der Waals surface area contributed by atoms with E-state index in [0.29, 0.717) is 12.1 Å². The van der Waals surface area contributed by atoms with Crippen molar-refractivity contribution in [3.05, 3.63) is 0 Å². The van der Waals surface area contributed by atoms with Gasteiger partial charge in [0.15, 0.2) is 0 Å². The van der Waals surface area contributed by atoms with Crippen LogP contribution in [-0.2, 0) is 4.74 Å². The van der Waals surface area contributed by atoms with Gasteiger partial charge in [0, 0.05) is 18.7 Å². The molecule has 0 aromatic rings.